The molecule has 2 N–H and O–H groups in total. The number of benzene rings is 1. The number of nitro groups is 1. The molecule has 13 heteroatoms. The van der Waals surface area contributed by atoms with E-state index in [1.165, 1.54) is 31.4 Å². The summed E-state index contributed by atoms with van der Waals surface area (Å²) in [6, 6.07) is 14.3. The fraction of sp³-hybridized carbons (Fsp3) is 0.207. The van der Waals surface area contributed by atoms with Crippen molar-refractivity contribution in [2.24, 2.45) is 5.73 Å². The van der Waals surface area contributed by atoms with E-state index in [-0.39, 0.29) is 11.3 Å². The minimum atomic E-state index is -1.08. The van der Waals surface area contributed by atoms with Crippen LogP contribution in [0.3, 0.4) is 0 Å². The van der Waals surface area contributed by atoms with E-state index in [4.69, 9.17) is 15.2 Å². The first-order valence-electron chi connectivity index (χ1n) is 12.9. The van der Waals surface area contributed by atoms with Crippen molar-refractivity contribution in [3.05, 3.63) is 106 Å². The summed E-state index contributed by atoms with van der Waals surface area (Å²) in [6.07, 6.45) is 5.59. The summed E-state index contributed by atoms with van der Waals surface area (Å²) in [7, 11) is 1.53. The standard InChI is InChI=1S/C29H27N7O6/c1-4-29(2,42-28(38)19-5-8-21(9-6-19)36(39)40)24-17-34(33-32-24)16-18-11-12-35-22(13-18)14-23(27(30)37)26(35)20-7-10-25(41-3)31-15-20/h5-15,17H,4,16H2,1-3H3,(H2,30,37). The second-order valence-electron chi connectivity index (χ2n) is 9.77. The number of non-ortho nitro benzene ring substituents is 1. The number of hydrogen-bond donors (Lipinski definition) is 1. The van der Waals surface area contributed by atoms with Gasteiger partial charge in [0.1, 0.15) is 5.69 Å². The zero-order chi connectivity index (χ0) is 30.0. The molecule has 4 aromatic heterocycles. The molecule has 5 aromatic rings. The second kappa shape index (κ2) is 11.1. The molecule has 1 aromatic carbocycles. The molecule has 1 unspecified atom stereocenters. The van der Waals surface area contributed by atoms with Gasteiger partial charge in [-0.15, -0.1) is 5.10 Å². The lowest BCUT2D eigenvalue weighted by molar-refractivity contribution is -0.384. The number of ether oxygens (including phenoxy) is 2. The average Bonchev–Trinajstić information content (AvgIpc) is 3.62. The second-order valence-corrected chi connectivity index (χ2v) is 9.77. The average molecular weight is 570 g/mol. The maximum Gasteiger partial charge on any atom is 0.339 e. The third-order valence-electron chi connectivity index (χ3n) is 7.05. The van der Waals surface area contributed by atoms with E-state index < -0.39 is 22.4 Å². The Labute approximate surface area is 239 Å². The Hall–Kier alpha value is -5.59. The lowest BCUT2D eigenvalue weighted by atomic mass is 9.99. The molecular weight excluding hydrogens is 542 g/mol. The number of nitrogens with zero attached hydrogens (tertiary/aromatic N) is 6. The van der Waals surface area contributed by atoms with E-state index in [1.54, 1.807) is 36.1 Å². The van der Waals surface area contributed by atoms with E-state index in [1.807, 2.05) is 35.7 Å². The van der Waals surface area contributed by atoms with Gasteiger partial charge in [-0.05, 0) is 55.3 Å². The number of aromatic nitrogens is 5. The first-order chi connectivity index (χ1) is 20.1. The van der Waals surface area contributed by atoms with Crippen molar-refractivity contribution in [1.82, 2.24) is 24.4 Å². The van der Waals surface area contributed by atoms with Gasteiger partial charge in [0, 0.05) is 41.7 Å². The van der Waals surface area contributed by atoms with Crippen molar-refractivity contribution < 1.29 is 24.0 Å². The molecule has 5 rings (SSSR count). The number of pyridine rings is 2. The molecule has 0 saturated heterocycles. The number of hydrogen-bond acceptors (Lipinski definition) is 9. The molecule has 4 heterocycles. The minimum Gasteiger partial charge on any atom is -0.481 e. The van der Waals surface area contributed by atoms with Gasteiger partial charge in [0.25, 0.3) is 11.6 Å². The Bertz CT molecular complexity index is 1790. The maximum atomic E-state index is 12.8. The fourth-order valence-electron chi connectivity index (χ4n) is 4.54. The summed E-state index contributed by atoms with van der Waals surface area (Å²) >= 11 is 0. The largest absolute Gasteiger partial charge is 0.481 e. The van der Waals surface area contributed by atoms with Gasteiger partial charge in [-0.1, -0.05) is 12.1 Å². The molecule has 0 aliphatic rings. The summed E-state index contributed by atoms with van der Waals surface area (Å²) in [6.45, 7) is 3.95. The number of esters is 1. The van der Waals surface area contributed by atoms with E-state index in [0.717, 1.165) is 11.1 Å². The molecule has 0 radical (unpaired) electrons. The van der Waals surface area contributed by atoms with Gasteiger partial charge in [0.2, 0.25) is 5.88 Å². The molecule has 1 atom stereocenters. The van der Waals surface area contributed by atoms with Crippen molar-refractivity contribution in [2.75, 3.05) is 7.11 Å². The van der Waals surface area contributed by atoms with Gasteiger partial charge in [-0.2, -0.15) is 0 Å². The van der Waals surface area contributed by atoms with Gasteiger partial charge in [0.15, 0.2) is 5.60 Å². The highest BCUT2D eigenvalue weighted by Crippen LogP contribution is 2.30. The third kappa shape index (κ3) is 5.39. The molecule has 42 heavy (non-hydrogen) atoms. The highest BCUT2D eigenvalue weighted by atomic mass is 16.6. The predicted octanol–water partition coefficient (Wildman–Crippen LogP) is 4.14. The van der Waals surface area contributed by atoms with Crippen LogP contribution in [0.25, 0.3) is 16.8 Å². The lowest BCUT2D eigenvalue weighted by Gasteiger charge is -2.26. The topological polar surface area (TPSA) is 170 Å². The van der Waals surface area contributed by atoms with Gasteiger partial charge in [0.05, 0.1) is 41.6 Å². The van der Waals surface area contributed by atoms with Gasteiger partial charge < -0.3 is 19.6 Å². The number of fused-ring (bicyclic) bond motifs is 1. The molecule has 0 saturated carbocycles. The van der Waals surface area contributed by atoms with Crippen molar-refractivity contribution in [1.29, 1.82) is 0 Å². The number of nitro benzene ring substituents is 1. The summed E-state index contributed by atoms with van der Waals surface area (Å²) in [5, 5.41) is 19.4. The maximum absolute atomic E-state index is 12.8. The van der Waals surface area contributed by atoms with Gasteiger partial charge in [-0.25, -0.2) is 14.5 Å². The van der Waals surface area contributed by atoms with E-state index in [2.05, 4.69) is 15.3 Å². The van der Waals surface area contributed by atoms with Crippen LogP contribution in [0.15, 0.2) is 73.2 Å². The van der Waals surface area contributed by atoms with Crippen LogP contribution in [0.1, 0.15) is 52.2 Å². The van der Waals surface area contributed by atoms with Crippen molar-refractivity contribution in [3.8, 4) is 17.1 Å². The van der Waals surface area contributed by atoms with Crippen molar-refractivity contribution in [2.45, 2.75) is 32.4 Å². The normalized spacial score (nSPS) is 12.5. The molecular formula is C29H27N7O6. The quantitative estimate of drug-likeness (QED) is 0.147. The minimum absolute atomic E-state index is 0.120. The molecule has 13 nitrogen and oxygen atoms in total. The zero-order valence-electron chi connectivity index (χ0n) is 23.1. The fourth-order valence-corrected chi connectivity index (χ4v) is 4.54. The molecule has 0 bridgehead atoms. The Kier molecular flexibility index (Phi) is 7.40. The molecule has 1 amide bonds. The van der Waals surface area contributed by atoms with Crippen molar-refractivity contribution >= 4 is 23.1 Å². The first-order valence-corrected chi connectivity index (χ1v) is 12.9. The number of carbonyl (C=O) groups is 2. The number of primary amides is 1. The summed E-state index contributed by atoms with van der Waals surface area (Å²) < 4.78 is 14.4. The van der Waals surface area contributed by atoms with Crippen LogP contribution in [0, 0.1) is 10.1 Å². The number of nitrogens with two attached hydrogens (primary N) is 1. The van der Waals surface area contributed by atoms with Gasteiger partial charge >= 0.3 is 5.97 Å². The zero-order valence-corrected chi connectivity index (χ0v) is 23.1. The number of amides is 1. The van der Waals surface area contributed by atoms with Crippen LogP contribution in [0.4, 0.5) is 5.69 Å². The van der Waals surface area contributed by atoms with Crippen molar-refractivity contribution in [3.63, 3.8) is 0 Å². The lowest BCUT2D eigenvalue weighted by Crippen LogP contribution is -2.29. The Morgan fingerprint density at radius 3 is 2.50 bits per heavy atom. The van der Waals surface area contributed by atoms with Gasteiger partial charge in [-0.3, -0.25) is 14.9 Å². The Morgan fingerprint density at radius 1 is 1.12 bits per heavy atom. The van der Waals surface area contributed by atoms with E-state index in [0.29, 0.717) is 41.4 Å². The SMILES string of the molecule is CCC(C)(OC(=O)c1ccc([N+](=O)[O-])cc1)c1cn(Cc2ccn3c(-c4ccc(OC)nc4)c(C(N)=O)cc3c2)nn1. The van der Waals surface area contributed by atoms with E-state index >= 15 is 0 Å². The van der Waals surface area contributed by atoms with Crippen LogP contribution in [0.2, 0.25) is 0 Å². The van der Waals surface area contributed by atoms with E-state index in [9.17, 15) is 19.7 Å². The number of methoxy groups -OCH3 is 1. The first kappa shape index (κ1) is 28.0. The van der Waals surface area contributed by atoms with Crippen LogP contribution in [-0.4, -0.2) is 48.3 Å². The predicted molar refractivity (Wildman–Crippen MR) is 151 cm³/mol. The molecule has 214 valence electrons. The highest BCUT2D eigenvalue weighted by Gasteiger charge is 2.33. The molecule has 0 aliphatic carbocycles. The number of carbonyl (C=O) groups excluding carboxylic acids is 2. The smallest absolute Gasteiger partial charge is 0.339 e. The summed E-state index contributed by atoms with van der Waals surface area (Å²) in [5.41, 5.74) is 8.46. The Balaban J connectivity index is 1.37. The highest BCUT2D eigenvalue weighted by molar-refractivity contribution is 6.01. The monoisotopic (exact) mass is 569 g/mol. The van der Waals surface area contributed by atoms with Crippen LogP contribution in [0.5, 0.6) is 5.88 Å². The summed E-state index contributed by atoms with van der Waals surface area (Å²) in [5.74, 6) is -0.736. The summed E-state index contributed by atoms with van der Waals surface area (Å²) in [4.78, 5) is 39.7. The number of rotatable bonds is 10. The molecule has 0 spiro atoms. The van der Waals surface area contributed by atoms with Crippen LogP contribution < -0.4 is 10.5 Å². The third-order valence-corrected chi connectivity index (χ3v) is 7.05. The molecule has 0 aliphatic heterocycles. The van der Waals surface area contributed by atoms with Crippen LogP contribution >= 0.6 is 0 Å². The Morgan fingerprint density at radius 2 is 1.88 bits per heavy atom. The van der Waals surface area contributed by atoms with Crippen LogP contribution in [-0.2, 0) is 16.9 Å². The molecule has 0 fully saturated rings.